The van der Waals surface area contributed by atoms with Crippen LogP contribution in [0.25, 0.3) is 0 Å². The highest BCUT2D eigenvalue weighted by Gasteiger charge is 2.21. The van der Waals surface area contributed by atoms with Gasteiger partial charge in [0.15, 0.2) is 0 Å². The van der Waals surface area contributed by atoms with Crippen molar-refractivity contribution in [1.82, 2.24) is 10.2 Å². The third kappa shape index (κ3) is 4.63. The molecule has 2 amide bonds. The van der Waals surface area contributed by atoms with Crippen LogP contribution < -0.4 is 5.32 Å². The molecule has 2 N–H and O–H groups in total. The molecule has 0 saturated heterocycles. The second-order valence-electron chi connectivity index (χ2n) is 4.93. The van der Waals surface area contributed by atoms with Gasteiger partial charge in [-0.2, -0.15) is 0 Å². The largest absolute Gasteiger partial charge is 0.480 e. The summed E-state index contributed by atoms with van der Waals surface area (Å²) in [5.41, 5.74) is 0. The van der Waals surface area contributed by atoms with Crippen LogP contribution in [0.2, 0.25) is 0 Å². The van der Waals surface area contributed by atoms with Crippen LogP contribution in [0, 0.1) is 5.92 Å². The van der Waals surface area contributed by atoms with E-state index >= 15 is 0 Å². The molecule has 0 unspecified atom stereocenters. The molecule has 1 aliphatic carbocycles. The highest BCUT2D eigenvalue weighted by atomic mass is 16.4. The number of hydrogen-bond acceptors (Lipinski definition) is 2. The first-order valence-corrected chi connectivity index (χ1v) is 6.27. The van der Waals surface area contributed by atoms with E-state index in [1.165, 1.54) is 24.2 Å². The average molecular weight is 242 g/mol. The highest BCUT2D eigenvalue weighted by molar-refractivity contribution is 5.80. The van der Waals surface area contributed by atoms with E-state index in [2.05, 4.69) is 5.32 Å². The number of nitrogens with one attached hydrogen (secondary N) is 1. The van der Waals surface area contributed by atoms with Crippen molar-refractivity contribution in [1.29, 1.82) is 0 Å². The van der Waals surface area contributed by atoms with Crippen molar-refractivity contribution in [2.24, 2.45) is 5.92 Å². The number of urea groups is 1. The molecular formula is C12H22N2O3. The molecule has 1 saturated carbocycles. The third-order valence-corrected chi connectivity index (χ3v) is 3.24. The van der Waals surface area contributed by atoms with Crippen molar-refractivity contribution < 1.29 is 14.7 Å². The van der Waals surface area contributed by atoms with Gasteiger partial charge in [-0.3, -0.25) is 4.79 Å². The van der Waals surface area contributed by atoms with Gasteiger partial charge in [-0.25, -0.2) is 4.79 Å². The number of hydrogen-bond donors (Lipinski definition) is 2. The van der Waals surface area contributed by atoms with Crippen LogP contribution >= 0.6 is 0 Å². The summed E-state index contributed by atoms with van der Waals surface area (Å²) in [7, 11) is 0. The van der Waals surface area contributed by atoms with Crippen LogP contribution in [-0.2, 0) is 4.79 Å². The van der Waals surface area contributed by atoms with Crippen LogP contribution in [0.4, 0.5) is 4.79 Å². The molecule has 0 aromatic heterocycles. The maximum Gasteiger partial charge on any atom is 0.323 e. The minimum atomic E-state index is -0.979. The number of carboxylic acid groups (broad SMARTS) is 1. The molecule has 0 spiro atoms. The van der Waals surface area contributed by atoms with Gasteiger partial charge in [-0.15, -0.1) is 0 Å². The Hall–Kier alpha value is -1.26. The molecule has 0 bridgehead atoms. The molecule has 1 rings (SSSR count). The van der Waals surface area contributed by atoms with Crippen molar-refractivity contribution in [3.8, 4) is 0 Å². The SMILES string of the molecule is CC(C)N(CC(=O)O)C(=O)NCCC1CCC1. The van der Waals surface area contributed by atoms with Gasteiger partial charge in [0.2, 0.25) is 0 Å². The second kappa shape index (κ2) is 6.47. The van der Waals surface area contributed by atoms with E-state index in [0.29, 0.717) is 6.54 Å². The van der Waals surface area contributed by atoms with Crippen molar-refractivity contribution in [2.45, 2.75) is 45.6 Å². The topological polar surface area (TPSA) is 69.6 Å². The van der Waals surface area contributed by atoms with E-state index in [-0.39, 0.29) is 18.6 Å². The standard InChI is InChI=1S/C12H22N2O3/c1-9(2)14(8-11(15)16)12(17)13-7-6-10-4-3-5-10/h9-10H,3-8H2,1-2H3,(H,13,17)(H,15,16). The number of carbonyl (C=O) groups excluding carboxylic acids is 1. The molecule has 0 radical (unpaired) electrons. The summed E-state index contributed by atoms with van der Waals surface area (Å²) in [4.78, 5) is 23.7. The number of carboxylic acids is 1. The minimum absolute atomic E-state index is 0.102. The fourth-order valence-corrected chi connectivity index (χ4v) is 1.90. The van der Waals surface area contributed by atoms with Crippen LogP contribution in [0.1, 0.15) is 39.5 Å². The molecule has 0 aromatic rings. The normalized spacial score (nSPS) is 15.5. The zero-order chi connectivity index (χ0) is 12.8. The van der Waals surface area contributed by atoms with Crippen molar-refractivity contribution in [3.63, 3.8) is 0 Å². The lowest BCUT2D eigenvalue weighted by molar-refractivity contribution is -0.138. The van der Waals surface area contributed by atoms with E-state index in [1.54, 1.807) is 0 Å². The molecule has 0 heterocycles. The van der Waals surface area contributed by atoms with Gasteiger partial charge in [-0.05, 0) is 26.2 Å². The summed E-state index contributed by atoms with van der Waals surface area (Å²) in [6.07, 6.45) is 4.83. The summed E-state index contributed by atoms with van der Waals surface area (Å²) in [5, 5.41) is 11.5. The van der Waals surface area contributed by atoms with Gasteiger partial charge in [0.25, 0.3) is 0 Å². The summed E-state index contributed by atoms with van der Waals surface area (Å²) < 4.78 is 0. The Kier molecular flexibility index (Phi) is 5.25. The molecule has 0 aliphatic heterocycles. The fourth-order valence-electron chi connectivity index (χ4n) is 1.90. The maximum atomic E-state index is 11.8. The molecule has 5 nitrogen and oxygen atoms in total. The van der Waals surface area contributed by atoms with E-state index < -0.39 is 5.97 Å². The van der Waals surface area contributed by atoms with Gasteiger partial charge in [0.1, 0.15) is 6.54 Å². The summed E-state index contributed by atoms with van der Waals surface area (Å²) in [6.45, 7) is 4.03. The van der Waals surface area contributed by atoms with Crippen molar-refractivity contribution in [3.05, 3.63) is 0 Å². The monoisotopic (exact) mass is 242 g/mol. The lowest BCUT2D eigenvalue weighted by Gasteiger charge is -2.27. The Morgan fingerprint density at radius 2 is 2.06 bits per heavy atom. The highest BCUT2D eigenvalue weighted by Crippen LogP contribution is 2.28. The van der Waals surface area contributed by atoms with Gasteiger partial charge >= 0.3 is 12.0 Å². The third-order valence-electron chi connectivity index (χ3n) is 3.24. The molecule has 5 heteroatoms. The number of rotatable bonds is 6. The predicted octanol–water partition coefficient (Wildman–Crippen LogP) is 1.68. The molecule has 17 heavy (non-hydrogen) atoms. The average Bonchev–Trinajstić information content (AvgIpc) is 2.17. The van der Waals surface area contributed by atoms with Gasteiger partial charge < -0.3 is 15.3 Å². The van der Waals surface area contributed by atoms with Gasteiger partial charge in [0.05, 0.1) is 0 Å². The van der Waals surface area contributed by atoms with Gasteiger partial charge in [0, 0.05) is 12.6 Å². The molecular weight excluding hydrogens is 220 g/mol. The second-order valence-corrected chi connectivity index (χ2v) is 4.93. The lowest BCUT2D eigenvalue weighted by atomic mass is 9.83. The number of amides is 2. The minimum Gasteiger partial charge on any atom is -0.480 e. The number of aliphatic carboxylic acids is 1. The van der Waals surface area contributed by atoms with E-state index in [9.17, 15) is 9.59 Å². The zero-order valence-corrected chi connectivity index (χ0v) is 10.6. The quantitative estimate of drug-likeness (QED) is 0.744. The van der Waals surface area contributed by atoms with Crippen LogP contribution in [0.15, 0.2) is 0 Å². The van der Waals surface area contributed by atoms with Crippen molar-refractivity contribution in [2.75, 3.05) is 13.1 Å². The Morgan fingerprint density at radius 3 is 2.47 bits per heavy atom. The Morgan fingerprint density at radius 1 is 1.41 bits per heavy atom. The molecule has 0 atom stereocenters. The predicted molar refractivity (Wildman–Crippen MR) is 64.8 cm³/mol. The molecule has 1 fully saturated rings. The van der Waals surface area contributed by atoms with Crippen LogP contribution in [0.3, 0.4) is 0 Å². The Balaban J connectivity index is 2.28. The molecule has 98 valence electrons. The maximum absolute atomic E-state index is 11.8. The van der Waals surface area contributed by atoms with E-state index in [1.807, 2.05) is 13.8 Å². The summed E-state index contributed by atoms with van der Waals surface area (Å²) in [5.74, 6) is -0.227. The fraction of sp³-hybridized carbons (Fsp3) is 0.833. The first-order valence-electron chi connectivity index (χ1n) is 6.27. The molecule has 1 aliphatic rings. The van der Waals surface area contributed by atoms with Crippen LogP contribution in [0.5, 0.6) is 0 Å². The Bertz CT molecular complexity index is 275. The summed E-state index contributed by atoms with van der Waals surface area (Å²) >= 11 is 0. The first kappa shape index (κ1) is 13.8. The first-order chi connectivity index (χ1) is 8.00. The smallest absolute Gasteiger partial charge is 0.323 e. The molecule has 0 aromatic carbocycles. The van der Waals surface area contributed by atoms with E-state index in [4.69, 9.17) is 5.11 Å². The Labute approximate surface area is 102 Å². The van der Waals surface area contributed by atoms with Crippen molar-refractivity contribution >= 4 is 12.0 Å². The zero-order valence-electron chi connectivity index (χ0n) is 10.6. The van der Waals surface area contributed by atoms with Gasteiger partial charge in [-0.1, -0.05) is 19.3 Å². The number of carbonyl (C=O) groups is 2. The summed E-state index contributed by atoms with van der Waals surface area (Å²) in [6, 6.07) is -0.378. The number of nitrogens with zero attached hydrogens (tertiary/aromatic N) is 1. The van der Waals surface area contributed by atoms with Crippen LogP contribution in [-0.4, -0.2) is 41.1 Å². The lowest BCUT2D eigenvalue weighted by Crippen LogP contribution is -2.47. The van der Waals surface area contributed by atoms with E-state index in [0.717, 1.165) is 12.3 Å².